The molecule has 0 aromatic carbocycles. The van der Waals surface area contributed by atoms with E-state index in [0.717, 1.165) is 38.9 Å². The monoisotopic (exact) mass is 390 g/mol. The number of aromatic nitrogens is 2. The van der Waals surface area contributed by atoms with E-state index in [9.17, 15) is 9.59 Å². The summed E-state index contributed by atoms with van der Waals surface area (Å²) in [5.74, 6) is 2.05. The largest absolute Gasteiger partial charge is 0.465 e. The SMILES string of the molecule is C1CCOC1.CC1(NC(=O)O)CC1.O=C(Nc1ccn[nH]1)C1C[C@H]2C=CC1C2. The smallest absolute Gasteiger partial charge is 0.405 e. The number of allylic oxidation sites excluding steroid dienone is 2. The van der Waals surface area contributed by atoms with Crippen molar-refractivity contribution in [2.75, 3.05) is 18.5 Å². The fourth-order valence-corrected chi connectivity index (χ4v) is 3.71. The van der Waals surface area contributed by atoms with E-state index in [-0.39, 0.29) is 17.4 Å². The van der Waals surface area contributed by atoms with Gasteiger partial charge in [-0.2, -0.15) is 5.10 Å². The molecule has 3 fully saturated rings. The summed E-state index contributed by atoms with van der Waals surface area (Å²) in [6.07, 6.45) is 11.8. The average molecular weight is 390 g/mol. The van der Waals surface area contributed by atoms with Crippen LogP contribution in [-0.4, -0.2) is 46.1 Å². The Bertz CT molecular complexity index is 673. The number of nitrogens with one attached hydrogen (secondary N) is 3. The first-order valence-corrected chi connectivity index (χ1v) is 10.0. The van der Waals surface area contributed by atoms with Gasteiger partial charge in [-0.05, 0) is 57.3 Å². The van der Waals surface area contributed by atoms with Gasteiger partial charge in [0, 0.05) is 30.7 Å². The molecule has 0 radical (unpaired) electrons. The van der Waals surface area contributed by atoms with Gasteiger partial charge in [0.1, 0.15) is 5.82 Å². The third-order valence-corrected chi connectivity index (χ3v) is 5.61. The van der Waals surface area contributed by atoms with Crippen molar-refractivity contribution in [3.05, 3.63) is 24.4 Å². The second kappa shape index (κ2) is 9.23. The molecular formula is C20H30N4O4. The van der Waals surface area contributed by atoms with Crippen LogP contribution in [0.25, 0.3) is 0 Å². The molecule has 4 aliphatic rings. The first kappa shape index (κ1) is 20.4. The molecule has 5 rings (SSSR count). The predicted octanol–water partition coefficient (Wildman–Crippen LogP) is 3.16. The Kier molecular flexibility index (Phi) is 6.72. The van der Waals surface area contributed by atoms with Crippen LogP contribution in [0.15, 0.2) is 24.4 Å². The lowest BCUT2D eigenvalue weighted by Gasteiger charge is -2.16. The maximum atomic E-state index is 11.9. The van der Waals surface area contributed by atoms with Crippen molar-refractivity contribution in [1.29, 1.82) is 0 Å². The summed E-state index contributed by atoms with van der Waals surface area (Å²) in [5, 5.41) is 20.0. The average Bonchev–Trinajstić information content (AvgIpc) is 3.29. The highest BCUT2D eigenvalue weighted by molar-refractivity contribution is 5.92. The second-order valence-electron chi connectivity index (χ2n) is 8.16. The Labute approximate surface area is 165 Å². The lowest BCUT2D eigenvalue weighted by Crippen LogP contribution is -2.32. The zero-order valence-corrected chi connectivity index (χ0v) is 16.3. The van der Waals surface area contributed by atoms with E-state index in [1.807, 2.05) is 6.92 Å². The van der Waals surface area contributed by atoms with Crippen molar-refractivity contribution >= 4 is 17.8 Å². The van der Waals surface area contributed by atoms with Gasteiger partial charge < -0.3 is 20.5 Å². The van der Waals surface area contributed by atoms with E-state index >= 15 is 0 Å². The number of carbonyl (C=O) groups is 2. The summed E-state index contributed by atoms with van der Waals surface area (Å²) < 4.78 is 4.94. The van der Waals surface area contributed by atoms with Crippen LogP contribution in [0.4, 0.5) is 10.6 Å². The number of ether oxygens (including phenoxy) is 1. The Morgan fingerprint density at radius 2 is 2.00 bits per heavy atom. The quantitative estimate of drug-likeness (QED) is 0.592. The second-order valence-corrected chi connectivity index (χ2v) is 8.16. The zero-order valence-electron chi connectivity index (χ0n) is 16.3. The maximum absolute atomic E-state index is 11.9. The Morgan fingerprint density at radius 3 is 2.39 bits per heavy atom. The van der Waals surface area contributed by atoms with Gasteiger partial charge in [-0.3, -0.25) is 9.89 Å². The molecule has 3 aliphatic carbocycles. The van der Waals surface area contributed by atoms with Crippen molar-refractivity contribution in [3.8, 4) is 0 Å². The molecule has 1 aromatic rings. The molecule has 8 heteroatoms. The van der Waals surface area contributed by atoms with Crippen LogP contribution in [0.2, 0.25) is 0 Å². The van der Waals surface area contributed by atoms with Crippen LogP contribution in [0.1, 0.15) is 45.4 Å². The molecule has 28 heavy (non-hydrogen) atoms. The van der Waals surface area contributed by atoms with Gasteiger partial charge in [0.25, 0.3) is 0 Å². The van der Waals surface area contributed by atoms with Crippen LogP contribution in [0.3, 0.4) is 0 Å². The summed E-state index contributed by atoms with van der Waals surface area (Å²) in [7, 11) is 0. The normalized spacial score (nSPS) is 27.8. The summed E-state index contributed by atoms with van der Waals surface area (Å²) in [5.41, 5.74) is -0.0775. The minimum atomic E-state index is -0.912. The minimum Gasteiger partial charge on any atom is -0.465 e. The first-order chi connectivity index (χ1) is 13.5. The lowest BCUT2D eigenvalue weighted by atomic mass is 9.93. The van der Waals surface area contributed by atoms with Crippen LogP contribution >= 0.6 is 0 Å². The van der Waals surface area contributed by atoms with Gasteiger partial charge in [0.05, 0.1) is 6.20 Å². The van der Waals surface area contributed by atoms with Crippen LogP contribution in [0, 0.1) is 17.8 Å². The number of amides is 2. The first-order valence-electron chi connectivity index (χ1n) is 10.0. The standard InChI is InChI=1S/C11H13N3O.C5H9NO2.C4H8O/c15-11(13-10-3-4-12-14-10)9-6-7-1-2-8(9)5-7;1-5(2-3-5)6-4(7)8;1-2-4-5-3-1/h1-4,7-9H,5-6H2,(H2,12,13,14,15);6H,2-3H2,1H3,(H,7,8);1-4H2/t7-,8?,9?;;/m0../s1. The molecule has 3 atom stereocenters. The minimum absolute atomic E-state index is 0.0775. The number of H-pyrrole nitrogens is 1. The van der Waals surface area contributed by atoms with E-state index in [1.54, 1.807) is 12.3 Å². The summed E-state index contributed by atoms with van der Waals surface area (Å²) >= 11 is 0. The molecular weight excluding hydrogens is 360 g/mol. The number of anilines is 1. The van der Waals surface area contributed by atoms with Crippen molar-refractivity contribution in [2.45, 2.75) is 51.0 Å². The lowest BCUT2D eigenvalue weighted by molar-refractivity contribution is -0.120. The van der Waals surface area contributed by atoms with Crippen LogP contribution in [-0.2, 0) is 9.53 Å². The molecule has 0 spiro atoms. The molecule has 8 nitrogen and oxygen atoms in total. The third-order valence-electron chi connectivity index (χ3n) is 5.61. The molecule has 4 N–H and O–H groups in total. The Balaban J connectivity index is 0.000000144. The Hall–Kier alpha value is -2.35. The van der Waals surface area contributed by atoms with Gasteiger partial charge in [0.15, 0.2) is 0 Å². The van der Waals surface area contributed by atoms with Gasteiger partial charge in [0.2, 0.25) is 5.91 Å². The van der Waals surface area contributed by atoms with Gasteiger partial charge in [-0.25, -0.2) is 4.79 Å². The molecule has 2 heterocycles. The number of rotatable bonds is 3. The highest BCUT2D eigenvalue weighted by Crippen LogP contribution is 2.43. The number of hydrogen-bond donors (Lipinski definition) is 4. The van der Waals surface area contributed by atoms with Crippen LogP contribution < -0.4 is 10.6 Å². The number of fused-ring (bicyclic) bond motifs is 2. The molecule has 1 saturated heterocycles. The highest BCUT2D eigenvalue weighted by Gasteiger charge is 2.40. The van der Waals surface area contributed by atoms with Gasteiger partial charge >= 0.3 is 6.09 Å². The number of nitrogens with zero attached hydrogens (tertiary/aromatic N) is 1. The number of carbonyl (C=O) groups excluding carboxylic acids is 1. The van der Waals surface area contributed by atoms with E-state index < -0.39 is 6.09 Å². The third kappa shape index (κ3) is 6.09. The molecule has 1 aliphatic heterocycles. The fraction of sp³-hybridized carbons (Fsp3) is 0.650. The van der Waals surface area contributed by atoms with Crippen molar-refractivity contribution in [3.63, 3.8) is 0 Å². The molecule has 154 valence electrons. The molecule has 1 aromatic heterocycles. The summed E-state index contributed by atoms with van der Waals surface area (Å²) in [6.45, 7) is 3.90. The van der Waals surface area contributed by atoms with E-state index in [1.165, 1.54) is 12.8 Å². The number of carboxylic acid groups (broad SMARTS) is 1. The predicted molar refractivity (Wildman–Crippen MR) is 105 cm³/mol. The van der Waals surface area contributed by atoms with Gasteiger partial charge in [-0.1, -0.05) is 12.2 Å². The van der Waals surface area contributed by atoms with Crippen molar-refractivity contribution in [1.82, 2.24) is 15.5 Å². The number of hydrogen-bond acceptors (Lipinski definition) is 4. The summed E-state index contributed by atoms with van der Waals surface area (Å²) in [4.78, 5) is 21.9. The summed E-state index contributed by atoms with van der Waals surface area (Å²) in [6, 6.07) is 1.76. The molecule has 2 saturated carbocycles. The Morgan fingerprint density at radius 1 is 1.25 bits per heavy atom. The fourth-order valence-electron chi connectivity index (χ4n) is 3.71. The van der Waals surface area contributed by atoms with Gasteiger partial charge in [-0.15, -0.1) is 0 Å². The van der Waals surface area contributed by atoms with Crippen molar-refractivity contribution < 1.29 is 19.4 Å². The molecule has 2 amide bonds. The highest BCUT2D eigenvalue weighted by atomic mass is 16.5. The van der Waals surface area contributed by atoms with E-state index in [2.05, 4.69) is 33.0 Å². The molecule has 2 unspecified atom stereocenters. The van der Waals surface area contributed by atoms with E-state index in [0.29, 0.717) is 17.7 Å². The van der Waals surface area contributed by atoms with E-state index in [4.69, 9.17) is 9.84 Å². The molecule has 2 bridgehead atoms. The maximum Gasteiger partial charge on any atom is 0.405 e. The van der Waals surface area contributed by atoms with Crippen LogP contribution in [0.5, 0.6) is 0 Å². The van der Waals surface area contributed by atoms with Crippen molar-refractivity contribution in [2.24, 2.45) is 17.8 Å². The zero-order chi connectivity index (χ0) is 20.0. The topological polar surface area (TPSA) is 116 Å². The number of aromatic amines is 1.